The quantitative estimate of drug-likeness (QED) is 0.384. The zero-order valence-electron chi connectivity index (χ0n) is 20.9. The summed E-state index contributed by atoms with van der Waals surface area (Å²) in [6, 6.07) is 8.62. The summed E-state index contributed by atoms with van der Waals surface area (Å²) in [5.74, 6) is -1.22. The highest BCUT2D eigenvalue weighted by atomic mass is 35.5. The van der Waals surface area contributed by atoms with Crippen molar-refractivity contribution < 1.29 is 27.8 Å². The van der Waals surface area contributed by atoms with Crippen LogP contribution >= 0.6 is 11.6 Å². The Bertz CT molecular complexity index is 1690. The van der Waals surface area contributed by atoms with Gasteiger partial charge in [-0.25, -0.2) is 9.67 Å². The summed E-state index contributed by atoms with van der Waals surface area (Å²) in [5, 5.41) is 4.68. The largest absolute Gasteiger partial charge is 0.586 e. The molecule has 14 heteroatoms. The zero-order valence-corrected chi connectivity index (χ0v) is 21.6. The highest BCUT2D eigenvalue weighted by Crippen LogP contribution is 2.42. The summed E-state index contributed by atoms with van der Waals surface area (Å²) in [5.41, 5.74) is 0.941. The van der Waals surface area contributed by atoms with Gasteiger partial charge in [0.1, 0.15) is 12.2 Å². The van der Waals surface area contributed by atoms with E-state index in [2.05, 4.69) is 24.5 Å². The van der Waals surface area contributed by atoms with Crippen molar-refractivity contribution in [3.8, 4) is 22.8 Å². The third-order valence-electron chi connectivity index (χ3n) is 5.96. The predicted octanol–water partition coefficient (Wildman–Crippen LogP) is 3.52. The maximum absolute atomic E-state index is 13.4. The molecule has 0 unspecified atom stereocenters. The number of alkyl halides is 2. The molecule has 0 spiro atoms. The van der Waals surface area contributed by atoms with Crippen LogP contribution in [0.15, 0.2) is 47.5 Å². The fraction of sp³-hybridized carbons (Fsp3) is 0.240. The van der Waals surface area contributed by atoms with Gasteiger partial charge in [0.25, 0.3) is 11.5 Å². The van der Waals surface area contributed by atoms with Crippen LogP contribution in [-0.2, 0) is 11.3 Å². The van der Waals surface area contributed by atoms with Gasteiger partial charge in [0.2, 0.25) is 5.91 Å². The van der Waals surface area contributed by atoms with E-state index < -0.39 is 24.3 Å². The van der Waals surface area contributed by atoms with E-state index in [1.54, 1.807) is 33.2 Å². The number of hydrogen-bond donors (Lipinski definition) is 1. The third kappa shape index (κ3) is 4.88. The van der Waals surface area contributed by atoms with Gasteiger partial charge in [0, 0.05) is 48.5 Å². The number of likely N-dealkylation sites (N-methyl/N-ethyl adjacent to an activating group) is 1. The van der Waals surface area contributed by atoms with Crippen LogP contribution < -0.4 is 19.9 Å². The van der Waals surface area contributed by atoms with Crippen molar-refractivity contribution in [3.63, 3.8) is 0 Å². The van der Waals surface area contributed by atoms with Crippen LogP contribution in [0.4, 0.5) is 14.5 Å². The third-order valence-corrected chi connectivity index (χ3v) is 6.18. The van der Waals surface area contributed by atoms with Crippen molar-refractivity contribution in [2.45, 2.75) is 19.8 Å². The average Bonchev–Trinajstić information content (AvgIpc) is 3.48. The minimum atomic E-state index is -3.80. The van der Waals surface area contributed by atoms with Gasteiger partial charge in [-0.05, 0) is 37.3 Å². The van der Waals surface area contributed by atoms with Crippen molar-refractivity contribution in [2.75, 3.05) is 25.5 Å². The van der Waals surface area contributed by atoms with Crippen molar-refractivity contribution in [3.05, 3.63) is 63.7 Å². The summed E-state index contributed by atoms with van der Waals surface area (Å²) in [7, 11) is 3.20. The lowest BCUT2D eigenvalue weighted by Gasteiger charge is -2.21. The monoisotopic (exact) mass is 558 g/mol. The number of fused-ring (bicyclic) bond motifs is 2. The van der Waals surface area contributed by atoms with Gasteiger partial charge >= 0.3 is 6.29 Å². The molecule has 39 heavy (non-hydrogen) atoms. The lowest BCUT2D eigenvalue weighted by atomic mass is 10.1. The number of ether oxygens (including phenoxy) is 2. The molecule has 3 heterocycles. The molecule has 2 aromatic carbocycles. The summed E-state index contributed by atoms with van der Waals surface area (Å²) in [4.78, 5) is 48.7. The molecule has 4 aromatic rings. The molecule has 202 valence electrons. The number of rotatable bonds is 6. The lowest BCUT2D eigenvalue weighted by molar-refractivity contribution is -0.286. The first kappa shape index (κ1) is 26.1. The molecule has 1 N–H and O–H groups in total. The average molecular weight is 559 g/mol. The Balaban J connectivity index is 1.52. The van der Waals surface area contributed by atoms with Crippen molar-refractivity contribution >= 4 is 40.1 Å². The van der Waals surface area contributed by atoms with Crippen LogP contribution in [0.1, 0.15) is 17.3 Å². The molecule has 2 amide bonds. The number of imidazole rings is 1. The minimum absolute atomic E-state index is 0.0293. The summed E-state index contributed by atoms with van der Waals surface area (Å²) >= 11 is 6.30. The lowest BCUT2D eigenvalue weighted by Crippen LogP contribution is -2.37. The Morgan fingerprint density at radius 2 is 1.87 bits per heavy atom. The molecule has 0 aliphatic carbocycles. The first-order chi connectivity index (χ1) is 18.5. The topological polar surface area (TPSA) is 123 Å². The number of nitrogens with one attached hydrogen (secondary N) is 1. The number of aromatic nitrogens is 4. The molecule has 0 radical (unpaired) electrons. The van der Waals surface area contributed by atoms with E-state index in [0.717, 1.165) is 4.68 Å². The minimum Gasteiger partial charge on any atom is -0.395 e. The number of H-pyrrole nitrogens is 1. The van der Waals surface area contributed by atoms with Crippen molar-refractivity contribution in [2.24, 2.45) is 0 Å². The maximum atomic E-state index is 13.4. The Hall–Kier alpha value is -4.52. The van der Waals surface area contributed by atoms with Crippen LogP contribution in [0, 0.1) is 0 Å². The number of anilines is 1. The van der Waals surface area contributed by atoms with Crippen LogP contribution in [0.25, 0.3) is 22.3 Å². The Morgan fingerprint density at radius 3 is 2.59 bits per heavy atom. The highest BCUT2D eigenvalue weighted by molar-refractivity contribution is 6.31. The Morgan fingerprint density at radius 1 is 1.13 bits per heavy atom. The fourth-order valence-electron chi connectivity index (χ4n) is 4.21. The molecule has 1 aliphatic heterocycles. The summed E-state index contributed by atoms with van der Waals surface area (Å²) in [6.07, 6.45) is -2.48. The number of amides is 2. The number of aromatic amines is 1. The van der Waals surface area contributed by atoms with Gasteiger partial charge in [-0.1, -0.05) is 11.6 Å². The highest BCUT2D eigenvalue weighted by Gasteiger charge is 2.43. The van der Waals surface area contributed by atoms with E-state index in [1.807, 2.05) is 0 Å². The maximum Gasteiger partial charge on any atom is 0.586 e. The van der Waals surface area contributed by atoms with E-state index in [9.17, 15) is 23.2 Å². The van der Waals surface area contributed by atoms with Gasteiger partial charge < -0.3 is 24.3 Å². The van der Waals surface area contributed by atoms with E-state index in [-0.39, 0.29) is 45.9 Å². The van der Waals surface area contributed by atoms with Gasteiger partial charge in [0.15, 0.2) is 17.0 Å². The summed E-state index contributed by atoms with van der Waals surface area (Å²) < 4.78 is 36.7. The van der Waals surface area contributed by atoms with E-state index in [4.69, 9.17) is 11.6 Å². The molecule has 1 aliphatic rings. The first-order valence-corrected chi connectivity index (χ1v) is 12.0. The SMILES string of the molecule is CCN(C(=O)Cn1nc(-c2cc(Cl)cc(C(=O)N(C)C)c2)c2[nH]cnc2c1=O)c1ccc2c(c1)OC(F)(F)O2. The second kappa shape index (κ2) is 9.66. The molecule has 5 rings (SSSR count). The Labute approximate surface area is 224 Å². The number of carbonyl (C=O) groups is 2. The second-order valence-corrected chi connectivity index (χ2v) is 9.24. The molecular weight excluding hydrogens is 538 g/mol. The van der Waals surface area contributed by atoms with Crippen LogP contribution in [-0.4, -0.2) is 63.4 Å². The van der Waals surface area contributed by atoms with Crippen LogP contribution in [0.2, 0.25) is 5.02 Å². The molecular formula is C25H21ClF2N6O5. The number of carbonyl (C=O) groups excluding carboxylic acids is 2. The van der Waals surface area contributed by atoms with Gasteiger partial charge in [-0.2, -0.15) is 5.10 Å². The first-order valence-electron chi connectivity index (χ1n) is 11.6. The number of halogens is 3. The second-order valence-electron chi connectivity index (χ2n) is 8.80. The molecule has 0 saturated heterocycles. The van der Waals surface area contributed by atoms with Crippen molar-refractivity contribution in [1.82, 2.24) is 24.6 Å². The number of nitrogens with zero attached hydrogens (tertiary/aromatic N) is 5. The molecule has 0 atom stereocenters. The van der Waals surface area contributed by atoms with Crippen LogP contribution in [0.5, 0.6) is 11.5 Å². The molecule has 0 saturated carbocycles. The van der Waals surface area contributed by atoms with Gasteiger partial charge in [0.05, 0.1) is 11.8 Å². The Kier molecular flexibility index (Phi) is 6.46. The van der Waals surface area contributed by atoms with Crippen molar-refractivity contribution in [1.29, 1.82) is 0 Å². The predicted molar refractivity (Wildman–Crippen MR) is 137 cm³/mol. The summed E-state index contributed by atoms with van der Waals surface area (Å²) in [6.45, 7) is 1.35. The fourth-order valence-corrected chi connectivity index (χ4v) is 4.45. The van der Waals surface area contributed by atoms with Gasteiger partial charge in [-0.15, -0.1) is 8.78 Å². The smallest absolute Gasteiger partial charge is 0.395 e. The van der Waals surface area contributed by atoms with E-state index >= 15 is 0 Å². The van der Waals surface area contributed by atoms with E-state index in [0.29, 0.717) is 16.6 Å². The molecule has 11 nitrogen and oxygen atoms in total. The number of hydrogen-bond acceptors (Lipinski definition) is 7. The normalized spacial score (nSPS) is 13.5. The zero-order chi connectivity index (χ0) is 28.1. The molecule has 0 fully saturated rings. The standard InChI is InChI=1S/C25H21ClF2N6O5/c1-4-33(16-5-6-17-18(10-16)39-25(27,28)38-17)19(35)11-34-24(37)22-21(29-12-30-22)20(31-34)13-7-14(9-15(26)8-13)23(36)32(2)3/h5-10,12H,4,11H2,1-3H3,(H,29,30). The van der Waals surface area contributed by atoms with E-state index in [1.165, 1.54) is 40.4 Å². The molecule has 2 aromatic heterocycles. The van der Waals surface area contributed by atoms with Crippen LogP contribution in [0.3, 0.4) is 0 Å². The molecule has 0 bridgehead atoms. The van der Waals surface area contributed by atoms with Gasteiger partial charge in [-0.3, -0.25) is 14.4 Å². The number of benzene rings is 2.